The second-order valence-electron chi connectivity index (χ2n) is 6.42. The largest absolute Gasteiger partial charge is 0.328 e. The zero-order chi connectivity index (χ0) is 19.0. The van der Waals surface area contributed by atoms with Gasteiger partial charge >= 0.3 is 0 Å². The van der Waals surface area contributed by atoms with Crippen LogP contribution in [-0.2, 0) is 4.79 Å². The first-order valence-corrected chi connectivity index (χ1v) is 8.54. The normalized spacial score (nSPS) is 15.9. The lowest BCUT2D eigenvalue weighted by molar-refractivity contribution is -0.113. The molecule has 2 N–H and O–H groups in total. The first-order chi connectivity index (χ1) is 13.0. The van der Waals surface area contributed by atoms with Crippen molar-refractivity contribution in [3.8, 4) is 0 Å². The molecular formula is C20H18FN5O. The zero-order valence-electron chi connectivity index (χ0n) is 14.9. The minimum absolute atomic E-state index is 0.246. The Morgan fingerprint density at radius 1 is 1.15 bits per heavy atom. The molecule has 0 bridgehead atoms. The summed E-state index contributed by atoms with van der Waals surface area (Å²) >= 11 is 0. The monoisotopic (exact) mass is 363 g/mol. The van der Waals surface area contributed by atoms with Crippen molar-refractivity contribution in [3.05, 3.63) is 83.1 Å². The molecule has 3 aromatic rings. The Kier molecular flexibility index (Phi) is 4.19. The van der Waals surface area contributed by atoms with Gasteiger partial charge in [0, 0.05) is 11.4 Å². The minimum atomic E-state index is -0.506. The summed E-state index contributed by atoms with van der Waals surface area (Å²) in [6.45, 7) is 3.75. The highest BCUT2D eigenvalue weighted by atomic mass is 19.1. The van der Waals surface area contributed by atoms with Crippen LogP contribution in [0.5, 0.6) is 0 Å². The number of carbonyl (C=O) groups excluding carboxylic acids is 1. The van der Waals surface area contributed by atoms with Gasteiger partial charge in [-0.3, -0.25) is 4.79 Å². The second kappa shape index (κ2) is 6.68. The lowest BCUT2D eigenvalue weighted by atomic mass is 9.95. The van der Waals surface area contributed by atoms with Crippen molar-refractivity contribution in [2.75, 3.05) is 10.6 Å². The van der Waals surface area contributed by atoms with Crippen LogP contribution in [-0.4, -0.2) is 20.7 Å². The van der Waals surface area contributed by atoms with Gasteiger partial charge in [0.15, 0.2) is 0 Å². The van der Waals surface area contributed by atoms with E-state index in [9.17, 15) is 9.18 Å². The van der Waals surface area contributed by atoms with E-state index >= 15 is 0 Å². The number of halogens is 1. The zero-order valence-corrected chi connectivity index (χ0v) is 14.9. The van der Waals surface area contributed by atoms with Crippen LogP contribution in [0, 0.1) is 12.7 Å². The number of hydrogen-bond acceptors (Lipinski definition) is 4. The van der Waals surface area contributed by atoms with E-state index < -0.39 is 6.04 Å². The highest BCUT2D eigenvalue weighted by Gasteiger charge is 2.33. The molecule has 0 saturated heterocycles. The molecule has 1 unspecified atom stereocenters. The van der Waals surface area contributed by atoms with E-state index in [1.54, 1.807) is 16.8 Å². The summed E-state index contributed by atoms with van der Waals surface area (Å²) in [6.07, 6.45) is 1.42. The van der Waals surface area contributed by atoms with Gasteiger partial charge in [0.2, 0.25) is 5.95 Å². The molecule has 1 aliphatic rings. The van der Waals surface area contributed by atoms with E-state index in [-0.39, 0.29) is 11.7 Å². The number of benzene rings is 2. The molecule has 2 heterocycles. The average molecular weight is 363 g/mol. The summed E-state index contributed by atoms with van der Waals surface area (Å²) in [7, 11) is 0. The van der Waals surface area contributed by atoms with E-state index in [0.717, 1.165) is 16.8 Å². The van der Waals surface area contributed by atoms with Crippen molar-refractivity contribution in [3.63, 3.8) is 0 Å². The van der Waals surface area contributed by atoms with E-state index in [1.807, 2.05) is 38.1 Å². The van der Waals surface area contributed by atoms with Crippen molar-refractivity contribution in [1.29, 1.82) is 0 Å². The average Bonchev–Trinajstić information content (AvgIpc) is 3.11. The fourth-order valence-electron chi connectivity index (χ4n) is 3.24. The van der Waals surface area contributed by atoms with Gasteiger partial charge in [-0.2, -0.15) is 10.1 Å². The maximum absolute atomic E-state index is 13.4. The standard InChI is InChI=1S/C20H18FN5O/c1-12-5-3-4-6-16(12)25-19(27)17-13(2)24-20-22-11-23-26(20)18(17)14-7-9-15(21)10-8-14/h3-11,18H,1-2H3,(H,25,27)(H,22,23,24). The van der Waals surface area contributed by atoms with Gasteiger partial charge in [0.1, 0.15) is 18.2 Å². The molecule has 1 aliphatic heterocycles. The Bertz CT molecular complexity index is 1040. The lowest BCUT2D eigenvalue weighted by Crippen LogP contribution is -2.31. The van der Waals surface area contributed by atoms with Crippen LogP contribution in [0.1, 0.15) is 24.1 Å². The Labute approximate surface area is 155 Å². The molecule has 0 aliphatic carbocycles. The predicted octanol–water partition coefficient (Wildman–Crippen LogP) is 3.65. The smallest absolute Gasteiger partial charge is 0.255 e. The summed E-state index contributed by atoms with van der Waals surface area (Å²) in [5.41, 5.74) is 3.63. The Morgan fingerprint density at radius 2 is 1.89 bits per heavy atom. The number of nitrogens with zero attached hydrogens (tertiary/aromatic N) is 3. The molecule has 0 spiro atoms. The van der Waals surface area contributed by atoms with Crippen molar-refractivity contribution in [2.24, 2.45) is 0 Å². The number of aryl methyl sites for hydroxylation is 1. The van der Waals surface area contributed by atoms with Crippen LogP contribution in [0.4, 0.5) is 16.0 Å². The summed E-state index contributed by atoms with van der Waals surface area (Å²) in [4.78, 5) is 17.4. The molecule has 7 heteroatoms. The quantitative estimate of drug-likeness (QED) is 0.745. The third-order valence-corrected chi connectivity index (χ3v) is 4.62. The van der Waals surface area contributed by atoms with Crippen molar-refractivity contribution in [1.82, 2.24) is 14.8 Å². The van der Waals surface area contributed by atoms with Crippen LogP contribution in [0.15, 0.2) is 66.1 Å². The highest BCUT2D eigenvalue weighted by molar-refractivity contribution is 6.06. The number of aromatic nitrogens is 3. The van der Waals surface area contributed by atoms with E-state index in [2.05, 4.69) is 20.7 Å². The van der Waals surface area contributed by atoms with Gasteiger partial charge < -0.3 is 10.6 Å². The van der Waals surface area contributed by atoms with Crippen LogP contribution in [0.25, 0.3) is 0 Å². The molecule has 27 heavy (non-hydrogen) atoms. The summed E-state index contributed by atoms with van der Waals surface area (Å²) in [5.74, 6) is -0.0443. The van der Waals surface area contributed by atoms with Crippen LogP contribution in [0.2, 0.25) is 0 Å². The molecule has 0 saturated carbocycles. The molecule has 2 aromatic carbocycles. The Morgan fingerprint density at radius 3 is 2.63 bits per heavy atom. The third kappa shape index (κ3) is 3.08. The summed E-state index contributed by atoms with van der Waals surface area (Å²) in [5, 5.41) is 10.4. The number of rotatable bonds is 3. The van der Waals surface area contributed by atoms with Crippen molar-refractivity contribution >= 4 is 17.5 Å². The van der Waals surface area contributed by atoms with Crippen LogP contribution in [0.3, 0.4) is 0 Å². The molecule has 136 valence electrons. The highest BCUT2D eigenvalue weighted by Crippen LogP contribution is 2.35. The van der Waals surface area contributed by atoms with Gasteiger partial charge in [-0.25, -0.2) is 9.07 Å². The molecule has 0 radical (unpaired) electrons. The number of anilines is 2. The molecule has 1 atom stereocenters. The number of fused-ring (bicyclic) bond motifs is 1. The van der Waals surface area contributed by atoms with Gasteiger partial charge in [-0.1, -0.05) is 30.3 Å². The van der Waals surface area contributed by atoms with E-state index in [0.29, 0.717) is 17.2 Å². The van der Waals surface area contributed by atoms with Gasteiger partial charge in [0.25, 0.3) is 5.91 Å². The summed E-state index contributed by atoms with van der Waals surface area (Å²) in [6, 6.07) is 13.1. The third-order valence-electron chi connectivity index (χ3n) is 4.62. The first kappa shape index (κ1) is 17.0. The molecule has 6 nitrogen and oxygen atoms in total. The van der Waals surface area contributed by atoms with Crippen LogP contribution < -0.4 is 10.6 Å². The predicted molar refractivity (Wildman–Crippen MR) is 101 cm³/mol. The number of allylic oxidation sites excluding steroid dienone is 1. The fraction of sp³-hybridized carbons (Fsp3) is 0.150. The molecule has 1 aromatic heterocycles. The first-order valence-electron chi connectivity index (χ1n) is 8.54. The molecule has 1 amide bonds. The number of amides is 1. The summed E-state index contributed by atoms with van der Waals surface area (Å²) < 4.78 is 15.0. The van der Waals surface area contributed by atoms with Crippen molar-refractivity contribution < 1.29 is 9.18 Å². The van der Waals surface area contributed by atoms with E-state index in [4.69, 9.17) is 0 Å². The fourth-order valence-corrected chi connectivity index (χ4v) is 3.24. The van der Waals surface area contributed by atoms with Crippen molar-refractivity contribution in [2.45, 2.75) is 19.9 Å². The number of hydrogen-bond donors (Lipinski definition) is 2. The molecule has 4 rings (SSSR count). The van der Waals surface area contributed by atoms with Gasteiger partial charge in [-0.05, 0) is 43.2 Å². The number of carbonyl (C=O) groups is 1. The number of para-hydroxylation sites is 1. The van der Waals surface area contributed by atoms with Crippen LogP contribution >= 0.6 is 0 Å². The second-order valence-corrected chi connectivity index (χ2v) is 6.42. The van der Waals surface area contributed by atoms with E-state index in [1.165, 1.54) is 18.5 Å². The Balaban J connectivity index is 1.77. The maximum Gasteiger partial charge on any atom is 0.255 e. The minimum Gasteiger partial charge on any atom is -0.328 e. The van der Waals surface area contributed by atoms with Gasteiger partial charge in [0.05, 0.1) is 5.57 Å². The SMILES string of the molecule is CC1=C(C(=O)Nc2ccccc2C)C(c2ccc(F)cc2)n2ncnc2N1. The topological polar surface area (TPSA) is 71.8 Å². The molecule has 0 fully saturated rings. The van der Waals surface area contributed by atoms with Gasteiger partial charge in [-0.15, -0.1) is 0 Å². The maximum atomic E-state index is 13.4. The Hall–Kier alpha value is -3.48. The lowest BCUT2D eigenvalue weighted by Gasteiger charge is -2.28. The number of nitrogens with one attached hydrogen (secondary N) is 2. The molecular weight excluding hydrogens is 345 g/mol.